The van der Waals surface area contributed by atoms with Crippen molar-refractivity contribution in [1.29, 1.82) is 0 Å². The number of likely N-dealkylation sites (tertiary alicyclic amines) is 1. The zero-order chi connectivity index (χ0) is 10.6. The molecule has 1 aliphatic rings. The van der Waals surface area contributed by atoms with Crippen molar-refractivity contribution >= 4 is 11.9 Å². The molecule has 4 heteroatoms. The Hall–Kier alpha value is -1.32. The van der Waals surface area contributed by atoms with Crippen molar-refractivity contribution in [3.63, 3.8) is 0 Å². The van der Waals surface area contributed by atoms with E-state index in [0.717, 1.165) is 13.0 Å². The van der Waals surface area contributed by atoms with Gasteiger partial charge in [0.1, 0.15) is 6.61 Å². The molecular weight excluding hydrogens is 182 g/mol. The van der Waals surface area contributed by atoms with Gasteiger partial charge in [-0.25, -0.2) is 4.79 Å². The smallest absolute Gasteiger partial charge is 0.333 e. The third-order valence-corrected chi connectivity index (χ3v) is 2.11. The van der Waals surface area contributed by atoms with E-state index in [0.29, 0.717) is 18.5 Å². The number of ether oxygens (including phenoxy) is 1. The number of carbonyl (C=O) groups excluding carboxylic acids is 2. The number of hydrogen-bond acceptors (Lipinski definition) is 3. The van der Waals surface area contributed by atoms with Gasteiger partial charge in [-0.1, -0.05) is 6.58 Å². The van der Waals surface area contributed by atoms with Crippen LogP contribution in [-0.4, -0.2) is 36.5 Å². The molecular formula is C10H15NO3. The summed E-state index contributed by atoms with van der Waals surface area (Å²) in [6.45, 7) is 6.61. The molecule has 0 atom stereocenters. The molecule has 0 aromatic rings. The Morgan fingerprint density at radius 2 is 2.36 bits per heavy atom. The molecule has 14 heavy (non-hydrogen) atoms. The maximum absolute atomic E-state index is 11.2. The van der Waals surface area contributed by atoms with E-state index in [1.54, 1.807) is 11.8 Å². The predicted octanol–water partition coefficient (Wildman–Crippen LogP) is 0.728. The second-order valence-corrected chi connectivity index (χ2v) is 3.40. The fourth-order valence-corrected chi connectivity index (χ4v) is 1.31. The van der Waals surface area contributed by atoms with Crippen molar-refractivity contribution in [2.45, 2.75) is 19.8 Å². The molecule has 0 aromatic carbocycles. The molecule has 0 aromatic heterocycles. The van der Waals surface area contributed by atoms with Crippen LogP contribution in [0.5, 0.6) is 0 Å². The van der Waals surface area contributed by atoms with Crippen LogP contribution in [0.2, 0.25) is 0 Å². The normalized spacial score (nSPS) is 15.8. The Bertz CT molecular complexity index is 260. The standard InChI is InChI=1S/C10H15NO3/c1-8(2)10(13)14-7-6-11-5-3-4-9(11)12/h1,3-7H2,2H3. The van der Waals surface area contributed by atoms with Crippen LogP contribution in [0, 0.1) is 0 Å². The SMILES string of the molecule is C=C(C)C(=O)OCCN1CCCC1=O. The summed E-state index contributed by atoms with van der Waals surface area (Å²) < 4.78 is 4.88. The second-order valence-electron chi connectivity index (χ2n) is 3.40. The summed E-state index contributed by atoms with van der Waals surface area (Å²) in [4.78, 5) is 23.8. The lowest BCUT2D eigenvalue weighted by Crippen LogP contribution is -2.29. The topological polar surface area (TPSA) is 46.6 Å². The first-order valence-electron chi connectivity index (χ1n) is 4.71. The van der Waals surface area contributed by atoms with Crippen LogP contribution in [0.1, 0.15) is 19.8 Å². The average molecular weight is 197 g/mol. The van der Waals surface area contributed by atoms with Gasteiger partial charge in [-0.3, -0.25) is 4.79 Å². The van der Waals surface area contributed by atoms with Crippen LogP contribution in [-0.2, 0) is 14.3 Å². The highest BCUT2D eigenvalue weighted by molar-refractivity contribution is 5.86. The Labute approximate surface area is 83.5 Å². The van der Waals surface area contributed by atoms with Crippen LogP contribution in [0.4, 0.5) is 0 Å². The lowest BCUT2D eigenvalue weighted by Gasteiger charge is -2.14. The predicted molar refractivity (Wildman–Crippen MR) is 51.6 cm³/mol. The molecule has 0 radical (unpaired) electrons. The number of amides is 1. The summed E-state index contributed by atoms with van der Waals surface area (Å²) in [7, 11) is 0. The molecule has 0 spiro atoms. The highest BCUT2D eigenvalue weighted by Crippen LogP contribution is 2.08. The highest BCUT2D eigenvalue weighted by Gasteiger charge is 2.19. The molecule has 0 bridgehead atoms. The molecule has 1 saturated heterocycles. The Morgan fingerprint density at radius 3 is 2.86 bits per heavy atom. The summed E-state index contributed by atoms with van der Waals surface area (Å²) in [5.41, 5.74) is 0.387. The van der Waals surface area contributed by atoms with Crippen molar-refractivity contribution in [3.8, 4) is 0 Å². The van der Waals surface area contributed by atoms with Gasteiger partial charge in [-0.2, -0.15) is 0 Å². The monoisotopic (exact) mass is 197 g/mol. The molecule has 0 saturated carbocycles. The largest absolute Gasteiger partial charge is 0.460 e. The van der Waals surface area contributed by atoms with Gasteiger partial charge in [0.2, 0.25) is 5.91 Å². The quantitative estimate of drug-likeness (QED) is 0.493. The van der Waals surface area contributed by atoms with E-state index in [-0.39, 0.29) is 12.5 Å². The second kappa shape index (κ2) is 4.79. The molecule has 78 valence electrons. The molecule has 1 amide bonds. The fourth-order valence-electron chi connectivity index (χ4n) is 1.31. The first-order chi connectivity index (χ1) is 6.61. The minimum Gasteiger partial charge on any atom is -0.460 e. The van der Waals surface area contributed by atoms with E-state index in [1.807, 2.05) is 0 Å². The van der Waals surface area contributed by atoms with Crippen molar-refractivity contribution in [2.75, 3.05) is 19.7 Å². The van der Waals surface area contributed by atoms with Gasteiger partial charge < -0.3 is 9.64 Å². The first kappa shape index (κ1) is 10.8. The number of carbonyl (C=O) groups is 2. The van der Waals surface area contributed by atoms with Crippen LogP contribution in [0.25, 0.3) is 0 Å². The molecule has 1 heterocycles. The lowest BCUT2D eigenvalue weighted by atomic mass is 10.4. The van der Waals surface area contributed by atoms with Crippen LogP contribution >= 0.6 is 0 Å². The van der Waals surface area contributed by atoms with Crippen molar-refractivity contribution in [2.24, 2.45) is 0 Å². The maximum Gasteiger partial charge on any atom is 0.333 e. The number of nitrogens with zero attached hydrogens (tertiary/aromatic N) is 1. The number of hydrogen-bond donors (Lipinski definition) is 0. The Kier molecular flexibility index (Phi) is 3.68. The Morgan fingerprint density at radius 1 is 1.64 bits per heavy atom. The summed E-state index contributed by atoms with van der Waals surface area (Å²) in [5.74, 6) is -0.243. The summed E-state index contributed by atoms with van der Waals surface area (Å²) in [6.07, 6.45) is 1.53. The average Bonchev–Trinajstić information content (AvgIpc) is 2.51. The summed E-state index contributed by atoms with van der Waals surface area (Å²) in [6, 6.07) is 0. The Balaban J connectivity index is 2.18. The summed E-state index contributed by atoms with van der Waals surface area (Å²) >= 11 is 0. The molecule has 1 aliphatic heterocycles. The minimum atomic E-state index is -0.392. The van der Waals surface area contributed by atoms with Gasteiger partial charge in [0, 0.05) is 18.5 Å². The maximum atomic E-state index is 11.2. The van der Waals surface area contributed by atoms with Crippen LogP contribution in [0.3, 0.4) is 0 Å². The molecule has 0 aliphatic carbocycles. The van der Waals surface area contributed by atoms with E-state index in [2.05, 4.69) is 6.58 Å². The van der Waals surface area contributed by atoms with Crippen LogP contribution < -0.4 is 0 Å². The fraction of sp³-hybridized carbons (Fsp3) is 0.600. The zero-order valence-corrected chi connectivity index (χ0v) is 8.41. The van der Waals surface area contributed by atoms with E-state index in [1.165, 1.54) is 0 Å². The van der Waals surface area contributed by atoms with E-state index in [9.17, 15) is 9.59 Å². The molecule has 1 fully saturated rings. The van der Waals surface area contributed by atoms with Crippen molar-refractivity contribution in [3.05, 3.63) is 12.2 Å². The van der Waals surface area contributed by atoms with Gasteiger partial charge in [0.05, 0.1) is 6.54 Å². The van der Waals surface area contributed by atoms with Gasteiger partial charge in [-0.15, -0.1) is 0 Å². The van der Waals surface area contributed by atoms with Gasteiger partial charge in [-0.05, 0) is 13.3 Å². The van der Waals surface area contributed by atoms with Crippen molar-refractivity contribution in [1.82, 2.24) is 4.90 Å². The van der Waals surface area contributed by atoms with Gasteiger partial charge in [0.15, 0.2) is 0 Å². The third kappa shape index (κ3) is 2.87. The van der Waals surface area contributed by atoms with E-state index >= 15 is 0 Å². The summed E-state index contributed by atoms with van der Waals surface area (Å²) in [5, 5.41) is 0. The molecule has 1 rings (SSSR count). The zero-order valence-electron chi connectivity index (χ0n) is 8.41. The number of rotatable bonds is 4. The highest BCUT2D eigenvalue weighted by atomic mass is 16.5. The van der Waals surface area contributed by atoms with Crippen LogP contribution in [0.15, 0.2) is 12.2 Å². The third-order valence-electron chi connectivity index (χ3n) is 2.11. The molecule has 0 unspecified atom stereocenters. The first-order valence-corrected chi connectivity index (χ1v) is 4.71. The van der Waals surface area contributed by atoms with Crippen molar-refractivity contribution < 1.29 is 14.3 Å². The lowest BCUT2D eigenvalue weighted by molar-refractivity contribution is -0.141. The van der Waals surface area contributed by atoms with Gasteiger partial charge >= 0.3 is 5.97 Å². The van der Waals surface area contributed by atoms with E-state index in [4.69, 9.17) is 4.74 Å². The van der Waals surface area contributed by atoms with Gasteiger partial charge in [0.25, 0.3) is 0 Å². The minimum absolute atomic E-state index is 0.149. The molecule has 0 N–H and O–H groups in total. The van der Waals surface area contributed by atoms with E-state index < -0.39 is 5.97 Å². The number of esters is 1. The molecule has 4 nitrogen and oxygen atoms in total.